The van der Waals surface area contributed by atoms with Gasteiger partial charge in [0.1, 0.15) is 0 Å². The van der Waals surface area contributed by atoms with E-state index in [2.05, 4.69) is 0 Å². The van der Waals surface area contributed by atoms with Gasteiger partial charge in [-0.2, -0.15) is 70.2 Å². The Morgan fingerprint density at radius 2 is 0.500 bits per heavy atom. The van der Waals surface area contributed by atoms with Crippen LogP contribution in [0, 0.1) is 0 Å². The molecule has 0 heterocycles. The van der Waals surface area contributed by atoms with Crippen molar-refractivity contribution in [2.24, 2.45) is 0 Å². The maximum absolute atomic E-state index is 15.2. The van der Waals surface area contributed by atoms with Crippen LogP contribution in [0.15, 0.2) is 22.8 Å². The van der Waals surface area contributed by atoms with E-state index in [0.29, 0.717) is 0 Å². The lowest BCUT2D eigenvalue weighted by atomic mass is 9.54. The second-order valence-electron chi connectivity index (χ2n) is 7.29. The predicted molar refractivity (Wildman–Crippen MR) is 63.5 cm³/mol. The fourth-order valence-corrected chi connectivity index (χ4v) is 3.86. The molecule has 0 saturated heterocycles. The normalized spacial score (nSPS) is 39.9. The monoisotopic (exact) mass is 548 g/mol. The average Bonchev–Trinajstić information content (AvgIpc) is 2.63. The summed E-state index contributed by atoms with van der Waals surface area (Å²) in [5.74, 6) is -73.4. The maximum Gasteiger partial charge on any atom is 0.382 e. The molecule has 20 heteroatoms. The standard InChI is InChI=1S/C14F20/c15-1-2(16)4-6(18,10(25,26)14(33,34)12(29,30)8(4,21)22)5(17)3(1)7(19,20)11(27,28)13(31,32)9(5,23)24. The zero-order valence-electron chi connectivity index (χ0n) is 14.6. The molecule has 2 unspecified atom stereocenters. The van der Waals surface area contributed by atoms with Crippen LogP contribution in [0.2, 0.25) is 0 Å². The molecule has 2 saturated carbocycles. The Morgan fingerprint density at radius 3 is 0.706 bits per heavy atom. The summed E-state index contributed by atoms with van der Waals surface area (Å²) >= 11 is 0. The van der Waals surface area contributed by atoms with Gasteiger partial charge >= 0.3 is 47.4 Å². The smallest absolute Gasteiger partial charge is 0.227 e. The van der Waals surface area contributed by atoms with E-state index < -0.39 is 81.5 Å². The van der Waals surface area contributed by atoms with Crippen molar-refractivity contribution in [3.8, 4) is 0 Å². The molecule has 0 aliphatic heterocycles. The second kappa shape index (κ2) is 5.73. The van der Waals surface area contributed by atoms with Crippen LogP contribution in [0.1, 0.15) is 0 Å². The summed E-state index contributed by atoms with van der Waals surface area (Å²) in [5.41, 5.74) is -26.4. The van der Waals surface area contributed by atoms with Gasteiger partial charge in [-0.05, 0) is 0 Å². The molecule has 34 heavy (non-hydrogen) atoms. The van der Waals surface area contributed by atoms with Gasteiger partial charge in [-0.1, -0.05) is 0 Å². The number of hydrogen-bond acceptors (Lipinski definition) is 0. The van der Waals surface area contributed by atoms with Crippen LogP contribution < -0.4 is 0 Å². The van der Waals surface area contributed by atoms with Gasteiger partial charge in [0.25, 0.3) is 11.3 Å². The van der Waals surface area contributed by atoms with E-state index in [1.807, 2.05) is 0 Å². The molecule has 0 bridgehead atoms. The Kier molecular flexibility index (Phi) is 4.49. The molecule has 0 aromatic carbocycles. The van der Waals surface area contributed by atoms with Gasteiger partial charge in [0.05, 0.1) is 11.1 Å². The van der Waals surface area contributed by atoms with Gasteiger partial charge in [-0.3, -0.25) is 0 Å². The molecule has 196 valence electrons. The van der Waals surface area contributed by atoms with Crippen LogP contribution in [0.4, 0.5) is 87.8 Å². The van der Waals surface area contributed by atoms with Crippen LogP contribution in [0.3, 0.4) is 0 Å². The molecule has 3 aliphatic rings. The maximum atomic E-state index is 15.2. The number of halogens is 20. The molecule has 0 amide bonds. The van der Waals surface area contributed by atoms with Crippen molar-refractivity contribution < 1.29 is 87.8 Å². The number of alkyl halides is 18. The summed E-state index contributed by atoms with van der Waals surface area (Å²) < 4.78 is 279. The molecule has 0 radical (unpaired) electrons. The molecule has 2 fully saturated rings. The van der Waals surface area contributed by atoms with Crippen molar-refractivity contribution in [1.29, 1.82) is 0 Å². The van der Waals surface area contributed by atoms with Crippen molar-refractivity contribution in [3.05, 3.63) is 22.8 Å². The first-order chi connectivity index (χ1) is 14.6. The molecule has 0 spiro atoms. The summed E-state index contributed by atoms with van der Waals surface area (Å²) in [7, 11) is 0. The largest absolute Gasteiger partial charge is 0.382 e. The summed E-state index contributed by atoms with van der Waals surface area (Å²) in [6.07, 6.45) is 0. The fourth-order valence-electron chi connectivity index (χ4n) is 3.86. The van der Waals surface area contributed by atoms with Crippen molar-refractivity contribution in [2.45, 2.75) is 58.7 Å². The molecule has 0 N–H and O–H groups in total. The lowest BCUT2D eigenvalue weighted by molar-refractivity contribution is -0.453. The molecule has 3 aliphatic carbocycles. The van der Waals surface area contributed by atoms with E-state index >= 15 is 8.78 Å². The summed E-state index contributed by atoms with van der Waals surface area (Å²) in [4.78, 5) is 0. The van der Waals surface area contributed by atoms with Gasteiger partial charge in [-0.15, -0.1) is 0 Å². The highest BCUT2D eigenvalue weighted by atomic mass is 19.4. The SMILES string of the molecule is FC1=C2C(F)(F)C(F)(F)C(F)(F)C(F)(F)C2(F)C2(F)C(=C1F)C(F)(F)C(F)(F)C(F)(F)C2(F)F. The first-order valence-corrected chi connectivity index (χ1v) is 7.78. The Morgan fingerprint density at radius 1 is 0.294 bits per heavy atom. The fraction of sp³-hybridized carbons (Fsp3) is 0.714. The van der Waals surface area contributed by atoms with E-state index in [-0.39, 0.29) is 0 Å². The third kappa shape index (κ3) is 1.92. The average molecular weight is 548 g/mol. The van der Waals surface area contributed by atoms with Gasteiger partial charge in [0.15, 0.2) is 11.7 Å². The first kappa shape index (κ1) is 26.7. The zero-order chi connectivity index (χ0) is 27.3. The number of fused-ring (bicyclic) bond motifs is 3. The minimum Gasteiger partial charge on any atom is -0.227 e. The van der Waals surface area contributed by atoms with Gasteiger partial charge < -0.3 is 0 Å². The van der Waals surface area contributed by atoms with Crippen molar-refractivity contribution >= 4 is 0 Å². The summed E-state index contributed by atoms with van der Waals surface area (Å²) in [5, 5.41) is 0. The lowest BCUT2D eigenvalue weighted by Gasteiger charge is -2.60. The minimum atomic E-state index is -8.32. The van der Waals surface area contributed by atoms with E-state index in [1.54, 1.807) is 0 Å². The molecular formula is C14F20. The van der Waals surface area contributed by atoms with Crippen LogP contribution in [-0.2, 0) is 0 Å². The van der Waals surface area contributed by atoms with Crippen LogP contribution >= 0.6 is 0 Å². The number of hydrogen-bond donors (Lipinski definition) is 0. The predicted octanol–water partition coefficient (Wildman–Crippen LogP) is 6.97. The quantitative estimate of drug-likeness (QED) is 0.287. The first-order valence-electron chi connectivity index (χ1n) is 7.78. The highest BCUT2D eigenvalue weighted by Gasteiger charge is 3.05. The third-order valence-electron chi connectivity index (χ3n) is 5.65. The number of allylic oxidation sites excluding steroid dienone is 4. The Labute approximate surface area is 170 Å². The molecular weight excluding hydrogens is 548 g/mol. The van der Waals surface area contributed by atoms with Gasteiger partial charge in [0.2, 0.25) is 0 Å². The van der Waals surface area contributed by atoms with E-state index in [1.165, 1.54) is 0 Å². The molecule has 0 nitrogen and oxygen atoms in total. The van der Waals surface area contributed by atoms with E-state index in [4.69, 9.17) is 0 Å². The number of rotatable bonds is 0. The minimum absolute atomic E-state index is 4.64. The topological polar surface area (TPSA) is 0 Å². The van der Waals surface area contributed by atoms with Crippen molar-refractivity contribution in [3.63, 3.8) is 0 Å². The Bertz CT molecular complexity index is 946. The summed E-state index contributed by atoms with van der Waals surface area (Å²) in [6.45, 7) is 0. The van der Waals surface area contributed by atoms with Crippen molar-refractivity contribution in [1.82, 2.24) is 0 Å². The third-order valence-corrected chi connectivity index (χ3v) is 5.65. The molecule has 0 aromatic heterocycles. The Hall–Kier alpha value is -1.92. The van der Waals surface area contributed by atoms with Crippen LogP contribution in [0.25, 0.3) is 0 Å². The highest BCUT2D eigenvalue weighted by molar-refractivity contribution is 5.62. The van der Waals surface area contributed by atoms with Crippen LogP contribution in [-0.4, -0.2) is 58.7 Å². The Balaban J connectivity index is 2.74. The highest BCUT2D eigenvalue weighted by Crippen LogP contribution is 2.79. The summed E-state index contributed by atoms with van der Waals surface area (Å²) in [6, 6.07) is 0. The zero-order valence-corrected chi connectivity index (χ0v) is 14.6. The van der Waals surface area contributed by atoms with Gasteiger partial charge in [-0.25, -0.2) is 17.6 Å². The van der Waals surface area contributed by atoms with Crippen molar-refractivity contribution in [2.75, 3.05) is 0 Å². The van der Waals surface area contributed by atoms with Crippen LogP contribution in [0.5, 0.6) is 0 Å². The lowest BCUT2D eigenvalue weighted by Crippen LogP contribution is -2.88. The van der Waals surface area contributed by atoms with Gasteiger partial charge in [0, 0.05) is 0 Å². The second-order valence-corrected chi connectivity index (χ2v) is 7.29. The van der Waals surface area contributed by atoms with E-state index in [0.717, 1.165) is 0 Å². The molecule has 0 aromatic rings. The molecule has 2 atom stereocenters. The van der Waals surface area contributed by atoms with E-state index in [9.17, 15) is 79.0 Å². The molecule has 3 rings (SSSR count).